The van der Waals surface area contributed by atoms with Crippen molar-refractivity contribution in [2.24, 2.45) is 0 Å². The highest BCUT2D eigenvalue weighted by molar-refractivity contribution is 5.96. The van der Waals surface area contributed by atoms with Crippen molar-refractivity contribution in [1.82, 2.24) is 9.97 Å². The van der Waals surface area contributed by atoms with Gasteiger partial charge in [-0.05, 0) is 38.0 Å². The van der Waals surface area contributed by atoms with Crippen LogP contribution in [0.3, 0.4) is 0 Å². The summed E-state index contributed by atoms with van der Waals surface area (Å²) in [4.78, 5) is 19.4. The van der Waals surface area contributed by atoms with E-state index >= 15 is 0 Å². The van der Waals surface area contributed by atoms with Gasteiger partial charge in [0.05, 0.1) is 4.92 Å². The summed E-state index contributed by atoms with van der Waals surface area (Å²) in [7, 11) is 0. The molecule has 0 amide bonds. The summed E-state index contributed by atoms with van der Waals surface area (Å²) < 4.78 is 0. The van der Waals surface area contributed by atoms with Gasteiger partial charge in [-0.3, -0.25) is 10.1 Å². The van der Waals surface area contributed by atoms with E-state index in [0.717, 1.165) is 48.5 Å². The second kappa shape index (κ2) is 8.24. The van der Waals surface area contributed by atoms with Gasteiger partial charge >= 0.3 is 0 Å². The number of benzene rings is 1. The Hall–Kier alpha value is -3.22. The van der Waals surface area contributed by atoms with Crippen molar-refractivity contribution in [3.8, 4) is 0 Å². The van der Waals surface area contributed by atoms with E-state index in [4.69, 9.17) is 0 Å². The van der Waals surface area contributed by atoms with Crippen molar-refractivity contribution in [3.63, 3.8) is 0 Å². The van der Waals surface area contributed by atoms with Crippen LogP contribution >= 0.6 is 0 Å². The maximum absolute atomic E-state index is 11.2. The van der Waals surface area contributed by atoms with Gasteiger partial charge in [-0.25, -0.2) is 9.97 Å². The van der Waals surface area contributed by atoms with Crippen molar-refractivity contribution >= 4 is 28.1 Å². The second-order valence-corrected chi connectivity index (χ2v) is 6.02. The number of para-hydroxylation sites is 1. The summed E-state index contributed by atoms with van der Waals surface area (Å²) in [6.07, 6.45) is 3.73. The maximum Gasteiger partial charge on any atom is 0.295 e. The maximum atomic E-state index is 11.2. The van der Waals surface area contributed by atoms with Crippen LogP contribution in [0, 0.1) is 17.0 Å². The van der Waals surface area contributed by atoms with Gasteiger partial charge in [0.25, 0.3) is 5.69 Å². The first kappa shape index (κ1) is 17.6. The molecule has 7 nitrogen and oxygen atoms in total. The number of hydrogen-bond acceptors (Lipinski definition) is 6. The summed E-state index contributed by atoms with van der Waals surface area (Å²) in [5.41, 5.74) is 2.10. The van der Waals surface area contributed by atoms with Crippen molar-refractivity contribution in [1.29, 1.82) is 0 Å². The van der Waals surface area contributed by atoms with Crippen LogP contribution in [0.2, 0.25) is 0 Å². The number of fused-ring (bicyclic) bond motifs is 1. The van der Waals surface area contributed by atoms with E-state index in [1.54, 1.807) is 12.3 Å². The average molecular weight is 351 g/mol. The highest BCUT2D eigenvalue weighted by Gasteiger charge is 2.15. The van der Waals surface area contributed by atoms with Crippen LogP contribution in [0.1, 0.15) is 18.5 Å². The van der Waals surface area contributed by atoms with Gasteiger partial charge in [-0.2, -0.15) is 0 Å². The number of pyridine rings is 2. The molecule has 0 radical (unpaired) electrons. The lowest BCUT2D eigenvalue weighted by Gasteiger charge is -2.11. The molecular formula is C19H21N5O2. The minimum absolute atomic E-state index is 0.0359. The Balaban J connectivity index is 1.59. The summed E-state index contributed by atoms with van der Waals surface area (Å²) in [5, 5.41) is 18.7. The van der Waals surface area contributed by atoms with Crippen LogP contribution in [-0.2, 0) is 0 Å². The third kappa shape index (κ3) is 4.24. The molecule has 0 spiro atoms. The van der Waals surface area contributed by atoms with Gasteiger partial charge in [-0.15, -0.1) is 0 Å². The topological polar surface area (TPSA) is 93.0 Å². The summed E-state index contributed by atoms with van der Waals surface area (Å²) in [6.45, 7) is 3.48. The first-order chi connectivity index (χ1) is 12.6. The summed E-state index contributed by atoms with van der Waals surface area (Å²) >= 11 is 0. The van der Waals surface area contributed by atoms with Crippen LogP contribution in [0.15, 0.2) is 48.7 Å². The van der Waals surface area contributed by atoms with Crippen molar-refractivity contribution < 1.29 is 4.92 Å². The number of nitro groups is 1. The average Bonchev–Trinajstić information content (AvgIpc) is 2.64. The largest absolute Gasteiger partial charge is 0.384 e. The van der Waals surface area contributed by atoms with Gasteiger partial charge in [0, 0.05) is 42.1 Å². The van der Waals surface area contributed by atoms with E-state index in [1.165, 1.54) is 6.07 Å². The number of nitrogens with zero attached hydrogens (tertiary/aromatic N) is 3. The molecule has 0 aliphatic heterocycles. The molecule has 3 aromatic rings. The molecule has 0 bridgehead atoms. The molecule has 0 saturated heterocycles. The van der Waals surface area contributed by atoms with Crippen LogP contribution in [0.5, 0.6) is 0 Å². The molecule has 0 unspecified atom stereocenters. The molecule has 2 N–H and O–H groups in total. The van der Waals surface area contributed by atoms with E-state index in [-0.39, 0.29) is 10.6 Å². The lowest BCUT2D eigenvalue weighted by atomic mass is 10.1. The molecule has 0 atom stereocenters. The molecule has 26 heavy (non-hydrogen) atoms. The Bertz CT molecular complexity index is 899. The molecular weight excluding hydrogens is 330 g/mol. The summed E-state index contributed by atoms with van der Waals surface area (Å²) in [6, 6.07) is 12.8. The number of rotatable bonds is 8. The van der Waals surface area contributed by atoms with Gasteiger partial charge in [0.2, 0.25) is 0 Å². The van der Waals surface area contributed by atoms with Crippen LogP contribution in [0.25, 0.3) is 10.9 Å². The van der Waals surface area contributed by atoms with Crippen LogP contribution in [0.4, 0.5) is 17.2 Å². The fraction of sp³-hybridized carbons (Fsp3) is 0.263. The van der Waals surface area contributed by atoms with E-state index < -0.39 is 0 Å². The van der Waals surface area contributed by atoms with E-state index in [1.807, 2.05) is 37.3 Å². The SMILES string of the molecule is Cc1cc(NCCCCNc2ccccn2)c2cccc([N+](=O)[O-])c2n1. The lowest BCUT2D eigenvalue weighted by Crippen LogP contribution is -2.08. The Morgan fingerprint density at radius 3 is 2.62 bits per heavy atom. The number of aromatic nitrogens is 2. The van der Waals surface area contributed by atoms with E-state index in [9.17, 15) is 10.1 Å². The van der Waals surface area contributed by atoms with Gasteiger partial charge in [0.1, 0.15) is 5.82 Å². The molecule has 134 valence electrons. The number of nitrogens with one attached hydrogen (secondary N) is 2. The molecule has 2 aromatic heterocycles. The van der Waals surface area contributed by atoms with Crippen LogP contribution < -0.4 is 10.6 Å². The highest BCUT2D eigenvalue weighted by Crippen LogP contribution is 2.29. The quantitative estimate of drug-likeness (QED) is 0.360. The Kier molecular flexibility index (Phi) is 5.58. The third-order valence-corrected chi connectivity index (χ3v) is 4.03. The molecule has 0 aliphatic carbocycles. The predicted octanol–water partition coefficient (Wildman–Crippen LogP) is 4.15. The Labute approximate surface area is 151 Å². The predicted molar refractivity (Wildman–Crippen MR) is 104 cm³/mol. The zero-order valence-corrected chi connectivity index (χ0v) is 14.6. The molecule has 0 fully saturated rings. The molecule has 0 aliphatic rings. The molecule has 1 aromatic carbocycles. The zero-order valence-electron chi connectivity index (χ0n) is 14.6. The van der Waals surface area contributed by atoms with E-state index in [2.05, 4.69) is 20.6 Å². The molecule has 0 saturated carbocycles. The zero-order chi connectivity index (χ0) is 18.4. The minimum atomic E-state index is -0.387. The summed E-state index contributed by atoms with van der Waals surface area (Å²) in [5.74, 6) is 0.878. The third-order valence-electron chi connectivity index (χ3n) is 4.03. The normalized spacial score (nSPS) is 10.7. The fourth-order valence-electron chi connectivity index (χ4n) is 2.81. The van der Waals surface area contributed by atoms with Crippen molar-refractivity contribution in [2.75, 3.05) is 23.7 Å². The Morgan fingerprint density at radius 2 is 1.88 bits per heavy atom. The number of nitro benzene ring substituents is 1. The number of unbranched alkanes of at least 4 members (excludes halogenated alkanes) is 1. The smallest absolute Gasteiger partial charge is 0.295 e. The lowest BCUT2D eigenvalue weighted by molar-refractivity contribution is -0.383. The second-order valence-electron chi connectivity index (χ2n) is 6.02. The van der Waals surface area contributed by atoms with Crippen molar-refractivity contribution in [2.45, 2.75) is 19.8 Å². The Morgan fingerprint density at radius 1 is 1.08 bits per heavy atom. The van der Waals surface area contributed by atoms with Crippen molar-refractivity contribution in [3.05, 3.63) is 64.5 Å². The van der Waals surface area contributed by atoms with Gasteiger partial charge in [-0.1, -0.05) is 18.2 Å². The standard InChI is InChI=1S/C19H21N5O2/c1-14-13-16(15-7-6-8-17(24(25)26)19(15)23-14)20-10-4-5-12-22-18-9-2-3-11-21-18/h2-3,6-9,11,13H,4-5,10,12H2,1H3,(H,20,23)(H,21,22). The first-order valence-corrected chi connectivity index (χ1v) is 8.58. The number of anilines is 2. The fourth-order valence-corrected chi connectivity index (χ4v) is 2.81. The molecule has 2 heterocycles. The molecule has 3 rings (SSSR count). The first-order valence-electron chi connectivity index (χ1n) is 8.58. The van der Waals surface area contributed by atoms with E-state index in [0.29, 0.717) is 5.52 Å². The van der Waals surface area contributed by atoms with Crippen LogP contribution in [-0.4, -0.2) is 28.0 Å². The number of aryl methyl sites for hydroxylation is 1. The minimum Gasteiger partial charge on any atom is -0.384 e. The molecule has 7 heteroatoms. The highest BCUT2D eigenvalue weighted by atomic mass is 16.6. The van der Waals surface area contributed by atoms with Gasteiger partial charge in [0.15, 0.2) is 5.52 Å². The monoisotopic (exact) mass is 351 g/mol. The number of hydrogen-bond donors (Lipinski definition) is 2. The van der Waals surface area contributed by atoms with Gasteiger partial charge < -0.3 is 10.6 Å². The number of non-ortho nitro benzene ring substituents is 1.